The van der Waals surface area contributed by atoms with Crippen molar-refractivity contribution in [1.29, 1.82) is 0 Å². The molecule has 2 rings (SSSR count). The monoisotopic (exact) mass is 489 g/mol. The number of benzene rings is 1. The lowest BCUT2D eigenvalue weighted by Gasteiger charge is -2.26. The average Bonchev–Trinajstić information content (AvgIpc) is 2.67. The molecule has 1 heterocycles. The van der Waals surface area contributed by atoms with Gasteiger partial charge in [-0.3, -0.25) is 9.69 Å². The van der Waals surface area contributed by atoms with Gasteiger partial charge >= 0.3 is 0 Å². The summed E-state index contributed by atoms with van der Waals surface area (Å²) in [5.41, 5.74) is 1.75. The van der Waals surface area contributed by atoms with E-state index in [2.05, 4.69) is 32.8 Å². The van der Waals surface area contributed by atoms with Crippen LogP contribution in [0.1, 0.15) is 29.8 Å². The van der Waals surface area contributed by atoms with E-state index in [0.717, 1.165) is 57.5 Å². The first kappa shape index (κ1) is 23.6. The fraction of sp³-hybridized carbons (Fsp3) is 0.579. The Morgan fingerprint density at radius 1 is 1.07 bits per heavy atom. The van der Waals surface area contributed by atoms with Gasteiger partial charge in [-0.05, 0) is 31.5 Å². The third-order valence-corrected chi connectivity index (χ3v) is 4.14. The lowest BCUT2D eigenvalue weighted by Crippen LogP contribution is -2.44. The number of carbonyl (C=O) groups is 1. The second kappa shape index (κ2) is 13.7. The summed E-state index contributed by atoms with van der Waals surface area (Å²) in [4.78, 5) is 18.8. The highest BCUT2D eigenvalue weighted by Gasteiger charge is 2.09. The van der Waals surface area contributed by atoms with Crippen LogP contribution < -0.4 is 16.0 Å². The van der Waals surface area contributed by atoms with Crippen molar-refractivity contribution in [3.05, 3.63) is 35.4 Å². The fourth-order valence-corrected chi connectivity index (χ4v) is 2.69. The van der Waals surface area contributed by atoms with Crippen molar-refractivity contribution in [3.8, 4) is 0 Å². The van der Waals surface area contributed by atoms with Gasteiger partial charge in [0.1, 0.15) is 0 Å². The van der Waals surface area contributed by atoms with Gasteiger partial charge in [-0.25, -0.2) is 4.99 Å². The summed E-state index contributed by atoms with van der Waals surface area (Å²) in [6, 6.07) is 7.58. The number of amides is 1. The van der Waals surface area contributed by atoms with Crippen LogP contribution in [0, 0.1) is 0 Å². The van der Waals surface area contributed by atoms with E-state index < -0.39 is 0 Å². The van der Waals surface area contributed by atoms with E-state index in [1.54, 1.807) is 0 Å². The van der Waals surface area contributed by atoms with Gasteiger partial charge in [0.05, 0.1) is 19.8 Å². The van der Waals surface area contributed by atoms with E-state index in [1.807, 2.05) is 31.2 Å². The number of aliphatic imine (C=N–C) groups is 1. The SMILES string of the molecule is CCNC(=O)c1ccc(CN=C(NCC)NCCN2CCOCC2)cc1.I. The van der Waals surface area contributed by atoms with E-state index in [0.29, 0.717) is 18.7 Å². The molecule has 0 radical (unpaired) electrons. The van der Waals surface area contributed by atoms with Crippen molar-refractivity contribution in [1.82, 2.24) is 20.9 Å². The Kier molecular flexibility index (Phi) is 12.0. The molecule has 7 nitrogen and oxygen atoms in total. The minimum Gasteiger partial charge on any atom is -0.379 e. The molecule has 1 aromatic rings. The minimum absolute atomic E-state index is 0. The van der Waals surface area contributed by atoms with Gasteiger partial charge in [0, 0.05) is 44.8 Å². The number of morpholine rings is 1. The van der Waals surface area contributed by atoms with Crippen LogP contribution in [0.15, 0.2) is 29.3 Å². The van der Waals surface area contributed by atoms with Crippen LogP contribution in [0.25, 0.3) is 0 Å². The van der Waals surface area contributed by atoms with Crippen LogP contribution in [0.5, 0.6) is 0 Å². The molecule has 8 heteroatoms. The van der Waals surface area contributed by atoms with Gasteiger partial charge < -0.3 is 20.7 Å². The molecular formula is C19H32IN5O2. The second-order valence-electron chi connectivity index (χ2n) is 6.13. The molecule has 1 saturated heterocycles. The molecule has 152 valence electrons. The number of nitrogens with zero attached hydrogens (tertiary/aromatic N) is 2. The third-order valence-electron chi connectivity index (χ3n) is 4.14. The highest BCUT2D eigenvalue weighted by atomic mass is 127. The van der Waals surface area contributed by atoms with Crippen LogP contribution in [-0.2, 0) is 11.3 Å². The Labute approximate surface area is 179 Å². The van der Waals surface area contributed by atoms with Crippen LogP contribution in [0.3, 0.4) is 0 Å². The predicted octanol–water partition coefficient (Wildman–Crippen LogP) is 1.44. The summed E-state index contributed by atoms with van der Waals surface area (Å²) in [5, 5.41) is 9.45. The van der Waals surface area contributed by atoms with Crippen molar-refractivity contribution < 1.29 is 9.53 Å². The molecule has 1 aliphatic rings. The van der Waals surface area contributed by atoms with E-state index >= 15 is 0 Å². The Bertz CT molecular complexity index is 574. The predicted molar refractivity (Wildman–Crippen MR) is 120 cm³/mol. The second-order valence-corrected chi connectivity index (χ2v) is 6.13. The Morgan fingerprint density at radius 3 is 2.37 bits per heavy atom. The lowest BCUT2D eigenvalue weighted by molar-refractivity contribution is 0.0389. The molecule has 0 unspecified atom stereocenters. The van der Waals surface area contributed by atoms with E-state index in [-0.39, 0.29) is 29.9 Å². The molecule has 3 N–H and O–H groups in total. The Balaban J connectivity index is 0.00000364. The van der Waals surface area contributed by atoms with E-state index in [4.69, 9.17) is 4.74 Å². The average molecular weight is 489 g/mol. The fourth-order valence-electron chi connectivity index (χ4n) is 2.69. The zero-order chi connectivity index (χ0) is 18.6. The summed E-state index contributed by atoms with van der Waals surface area (Å²) < 4.78 is 5.37. The highest BCUT2D eigenvalue weighted by molar-refractivity contribution is 14.0. The molecule has 27 heavy (non-hydrogen) atoms. The lowest BCUT2D eigenvalue weighted by atomic mass is 10.1. The molecule has 0 spiro atoms. The summed E-state index contributed by atoms with van der Waals surface area (Å²) in [6.07, 6.45) is 0. The van der Waals surface area contributed by atoms with Crippen molar-refractivity contribution >= 4 is 35.8 Å². The largest absolute Gasteiger partial charge is 0.379 e. The number of halogens is 1. The Morgan fingerprint density at radius 2 is 1.74 bits per heavy atom. The number of guanidine groups is 1. The van der Waals surface area contributed by atoms with Crippen LogP contribution in [-0.4, -0.2) is 69.2 Å². The van der Waals surface area contributed by atoms with Gasteiger partial charge in [-0.2, -0.15) is 0 Å². The quantitative estimate of drug-likeness (QED) is 0.293. The zero-order valence-corrected chi connectivity index (χ0v) is 18.6. The topological polar surface area (TPSA) is 78.0 Å². The molecular weight excluding hydrogens is 457 g/mol. The van der Waals surface area contributed by atoms with Crippen LogP contribution in [0.2, 0.25) is 0 Å². The molecule has 1 amide bonds. The van der Waals surface area contributed by atoms with Crippen molar-refractivity contribution in [2.75, 3.05) is 52.5 Å². The zero-order valence-electron chi connectivity index (χ0n) is 16.3. The van der Waals surface area contributed by atoms with Gasteiger partial charge in [-0.15, -0.1) is 24.0 Å². The number of ether oxygens (including phenoxy) is 1. The molecule has 1 aromatic carbocycles. The van der Waals surface area contributed by atoms with Crippen molar-refractivity contribution in [3.63, 3.8) is 0 Å². The van der Waals surface area contributed by atoms with E-state index in [9.17, 15) is 4.79 Å². The molecule has 0 aromatic heterocycles. The van der Waals surface area contributed by atoms with Crippen LogP contribution in [0.4, 0.5) is 0 Å². The van der Waals surface area contributed by atoms with E-state index in [1.165, 1.54) is 0 Å². The maximum Gasteiger partial charge on any atom is 0.251 e. The summed E-state index contributed by atoms with van der Waals surface area (Å²) in [6.45, 7) is 11.4. The van der Waals surface area contributed by atoms with Gasteiger partial charge in [-0.1, -0.05) is 12.1 Å². The van der Waals surface area contributed by atoms with Crippen molar-refractivity contribution in [2.45, 2.75) is 20.4 Å². The standard InChI is InChI=1S/C19H31N5O2.HI/c1-3-20-18(25)17-7-5-16(6-8-17)15-23-19(21-4-2)22-9-10-24-11-13-26-14-12-24;/h5-8H,3-4,9-15H2,1-2H3,(H,20,25)(H2,21,22,23);1H. The van der Waals surface area contributed by atoms with Gasteiger partial charge in [0.15, 0.2) is 5.96 Å². The molecule has 0 aliphatic carbocycles. The van der Waals surface area contributed by atoms with Crippen molar-refractivity contribution in [2.24, 2.45) is 4.99 Å². The molecule has 0 atom stereocenters. The number of hydrogen-bond acceptors (Lipinski definition) is 4. The highest BCUT2D eigenvalue weighted by Crippen LogP contribution is 2.06. The summed E-state index contributed by atoms with van der Waals surface area (Å²) in [5.74, 6) is 0.772. The summed E-state index contributed by atoms with van der Waals surface area (Å²) in [7, 11) is 0. The minimum atomic E-state index is -0.0410. The number of nitrogens with one attached hydrogen (secondary N) is 3. The number of rotatable bonds is 8. The third kappa shape index (κ3) is 8.89. The maximum atomic E-state index is 11.8. The first-order chi connectivity index (χ1) is 12.7. The number of hydrogen-bond donors (Lipinski definition) is 3. The van der Waals surface area contributed by atoms with Gasteiger partial charge in [0.2, 0.25) is 0 Å². The number of carbonyl (C=O) groups excluding carboxylic acids is 1. The Hall–Kier alpha value is -1.39. The normalized spacial score (nSPS) is 15.0. The first-order valence-electron chi connectivity index (χ1n) is 9.42. The molecule has 1 fully saturated rings. The summed E-state index contributed by atoms with van der Waals surface area (Å²) >= 11 is 0. The molecule has 0 saturated carbocycles. The van der Waals surface area contributed by atoms with Crippen LogP contribution >= 0.6 is 24.0 Å². The van der Waals surface area contributed by atoms with Gasteiger partial charge in [0.25, 0.3) is 5.91 Å². The molecule has 1 aliphatic heterocycles. The maximum absolute atomic E-state index is 11.8. The molecule has 0 bridgehead atoms. The smallest absolute Gasteiger partial charge is 0.251 e. The first-order valence-corrected chi connectivity index (χ1v) is 9.42.